The van der Waals surface area contributed by atoms with Crippen molar-refractivity contribution in [2.45, 2.75) is 63.4 Å². The van der Waals surface area contributed by atoms with E-state index in [-0.39, 0.29) is 24.3 Å². The zero-order valence-electron chi connectivity index (χ0n) is 20.9. The maximum Gasteiger partial charge on any atom is 0.459 e. The zero-order valence-corrected chi connectivity index (χ0v) is 21.8. The summed E-state index contributed by atoms with van der Waals surface area (Å²) >= 11 is 0. The summed E-state index contributed by atoms with van der Waals surface area (Å²) in [5, 5.41) is 13.7. The van der Waals surface area contributed by atoms with E-state index < -0.39 is 55.6 Å². The van der Waals surface area contributed by atoms with Gasteiger partial charge in [0.2, 0.25) is 0 Å². The summed E-state index contributed by atoms with van der Waals surface area (Å²) in [6.07, 6.45) is -1.34. The van der Waals surface area contributed by atoms with E-state index in [0.717, 1.165) is 4.57 Å². The first kappa shape index (κ1) is 27.2. The quantitative estimate of drug-likeness (QED) is 0.293. The second-order valence-corrected chi connectivity index (χ2v) is 11.2. The topological polar surface area (TPSA) is 173 Å². The van der Waals surface area contributed by atoms with Crippen molar-refractivity contribution in [2.75, 3.05) is 18.9 Å². The third-order valence-electron chi connectivity index (χ3n) is 6.11. The number of aliphatic hydroxyl groups excluding tert-OH is 1. The van der Waals surface area contributed by atoms with Gasteiger partial charge in [-0.15, -0.1) is 0 Å². The molecule has 13 nitrogen and oxygen atoms in total. The highest BCUT2D eigenvalue weighted by molar-refractivity contribution is 7.52. The molecule has 0 spiro atoms. The van der Waals surface area contributed by atoms with Crippen LogP contribution in [0.5, 0.6) is 5.75 Å². The second kappa shape index (κ2) is 10.2. The molecule has 0 saturated carbocycles. The highest BCUT2D eigenvalue weighted by atomic mass is 31.2. The van der Waals surface area contributed by atoms with Gasteiger partial charge in [0.25, 0.3) is 0 Å². The molecule has 37 heavy (non-hydrogen) atoms. The SMILES string of the molecule is CC(C)OC(=O)C(C)NP(=O)(OCC12COC(C)(C(n3ccc(N)nc3=O)O1)C2O)Oc1ccccc1. The number of hydrogen-bond acceptors (Lipinski definition) is 11. The number of anilines is 1. The smallest absolute Gasteiger partial charge is 0.459 e. The van der Waals surface area contributed by atoms with Gasteiger partial charge >= 0.3 is 19.4 Å². The van der Waals surface area contributed by atoms with Gasteiger partial charge in [0.15, 0.2) is 6.23 Å². The zero-order chi connectivity index (χ0) is 27.0. The molecule has 4 N–H and O–H groups in total. The summed E-state index contributed by atoms with van der Waals surface area (Å²) in [5.41, 5.74) is 2.06. The van der Waals surface area contributed by atoms with Gasteiger partial charge in [-0.05, 0) is 45.9 Å². The summed E-state index contributed by atoms with van der Waals surface area (Å²) in [4.78, 5) is 28.5. The Balaban J connectivity index is 1.57. The van der Waals surface area contributed by atoms with Crippen LogP contribution in [0.1, 0.15) is 33.9 Å². The fraction of sp³-hybridized carbons (Fsp3) is 0.522. The number of nitrogens with zero attached hydrogens (tertiary/aromatic N) is 2. The monoisotopic (exact) mass is 538 g/mol. The normalized spacial score (nSPS) is 29.1. The molecule has 1 aromatic heterocycles. The van der Waals surface area contributed by atoms with E-state index in [1.165, 1.54) is 19.2 Å². The van der Waals surface area contributed by atoms with Gasteiger partial charge in [0.1, 0.15) is 34.9 Å². The first-order chi connectivity index (χ1) is 17.4. The number of aliphatic hydroxyl groups is 1. The van der Waals surface area contributed by atoms with Gasteiger partial charge in [0.05, 0.1) is 19.3 Å². The van der Waals surface area contributed by atoms with E-state index >= 15 is 0 Å². The molecule has 202 valence electrons. The van der Waals surface area contributed by atoms with Crippen LogP contribution in [-0.4, -0.2) is 63.3 Å². The molecule has 6 atom stereocenters. The minimum Gasteiger partial charge on any atom is -0.462 e. The van der Waals surface area contributed by atoms with Crippen LogP contribution in [0.4, 0.5) is 5.82 Å². The predicted octanol–water partition coefficient (Wildman–Crippen LogP) is 1.38. The third kappa shape index (κ3) is 5.42. The molecule has 2 fully saturated rings. The predicted molar refractivity (Wildman–Crippen MR) is 131 cm³/mol. The first-order valence-electron chi connectivity index (χ1n) is 11.7. The van der Waals surface area contributed by atoms with Crippen LogP contribution < -0.4 is 21.0 Å². The Hall–Kier alpha value is -2.80. The molecule has 6 unspecified atom stereocenters. The molecule has 0 amide bonds. The number of para-hydroxylation sites is 1. The molecule has 2 saturated heterocycles. The summed E-state index contributed by atoms with van der Waals surface area (Å²) in [5.74, 6) is -0.403. The lowest BCUT2D eigenvalue weighted by Crippen LogP contribution is -2.46. The van der Waals surface area contributed by atoms with Crippen LogP contribution in [0.2, 0.25) is 0 Å². The largest absolute Gasteiger partial charge is 0.462 e. The van der Waals surface area contributed by atoms with Crippen LogP contribution in [0.15, 0.2) is 47.4 Å². The van der Waals surface area contributed by atoms with E-state index in [1.807, 2.05) is 0 Å². The lowest BCUT2D eigenvalue weighted by Gasteiger charge is -2.34. The van der Waals surface area contributed by atoms with E-state index in [1.54, 1.807) is 51.1 Å². The number of carbonyl (C=O) groups is 1. The number of fused-ring (bicyclic) bond motifs is 2. The number of hydrogen-bond donors (Lipinski definition) is 3. The van der Waals surface area contributed by atoms with Crippen molar-refractivity contribution >= 4 is 19.5 Å². The molecule has 2 bridgehead atoms. The van der Waals surface area contributed by atoms with Crippen molar-refractivity contribution in [1.82, 2.24) is 14.6 Å². The Morgan fingerprint density at radius 1 is 1.32 bits per heavy atom. The summed E-state index contributed by atoms with van der Waals surface area (Å²) in [6.45, 7) is 5.85. The molecule has 14 heteroatoms. The van der Waals surface area contributed by atoms with Crippen LogP contribution in [0, 0.1) is 0 Å². The lowest BCUT2D eigenvalue weighted by atomic mass is 9.92. The number of nitrogen functional groups attached to an aromatic ring is 1. The van der Waals surface area contributed by atoms with Gasteiger partial charge in [-0.25, -0.2) is 9.36 Å². The Morgan fingerprint density at radius 3 is 2.68 bits per heavy atom. The Bertz CT molecular complexity index is 1240. The summed E-state index contributed by atoms with van der Waals surface area (Å²) < 4.78 is 43.5. The maximum atomic E-state index is 13.8. The number of esters is 1. The molecular weight excluding hydrogens is 507 g/mol. The average molecular weight is 538 g/mol. The standard InChI is InChI=1S/C23H31N4O9P/c1-14(2)34-18(28)15(3)26-37(31,36-16-8-6-5-7-9-16)33-13-23-12-32-22(4,19(23)29)20(35-23)27-11-10-17(24)25-21(27)30/h5-11,14-15,19-20,29H,12-13H2,1-4H3,(H,26,31)(H2,24,25,30). The van der Waals surface area contributed by atoms with Gasteiger partial charge in [-0.2, -0.15) is 10.1 Å². The highest BCUT2D eigenvalue weighted by Gasteiger charge is 2.69. The molecule has 2 aliphatic rings. The van der Waals surface area contributed by atoms with Crippen LogP contribution >= 0.6 is 7.75 Å². The Kier molecular flexibility index (Phi) is 7.48. The van der Waals surface area contributed by atoms with Gasteiger partial charge in [0, 0.05) is 6.20 Å². The summed E-state index contributed by atoms with van der Waals surface area (Å²) in [6, 6.07) is 8.61. The second-order valence-electron chi connectivity index (χ2n) is 9.46. The maximum absolute atomic E-state index is 13.8. The van der Waals surface area contributed by atoms with Crippen molar-refractivity contribution in [3.63, 3.8) is 0 Å². The van der Waals surface area contributed by atoms with Crippen molar-refractivity contribution in [1.29, 1.82) is 0 Å². The number of aromatic nitrogens is 2. The molecule has 4 rings (SSSR count). The Morgan fingerprint density at radius 2 is 2.03 bits per heavy atom. The molecule has 2 aliphatic heterocycles. The minimum absolute atomic E-state index is 0.0317. The number of ether oxygens (including phenoxy) is 3. The molecule has 1 aromatic carbocycles. The number of nitrogens with two attached hydrogens (primary N) is 1. The average Bonchev–Trinajstić information content (AvgIpc) is 3.20. The van der Waals surface area contributed by atoms with Crippen molar-refractivity contribution in [2.24, 2.45) is 0 Å². The van der Waals surface area contributed by atoms with Crippen LogP contribution in [0.3, 0.4) is 0 Å². The van der Waals surface area contributed by atoms with Crippen molar-refractivity contribution in [3.05, 3.63) is 53.1 Å². The number of rotatable bonds is 10. The van der Waals surface area contributed by atoms with Gasteiger partial charge in [-0.3, -0.25) is 13.9 Å². The van der Waals surface area contributed by atoms with Crippen molar-refractivity contribution in [3.8, 4) is 5.75 Å². The highest BCUT2D eigenvalue weighted by Crippen LogP contribution is 2.54. The molecular formula is C23H31N4O9P. The van der Waals surface area contributed by atoms with Gasteiger partial charge < -0.3 is 29.6 Å². The number of benzene rings is 1. The van der Waals surface area contributed by atoms with Gasteiger partial charge in [-0.1, -0.05) is 18.2 Å². The Labute approximate surface area is 213 Å². The fourth-order valence-electron chi connectivity index (χ4n) is 4.22. The van der Waals surface area contributed by atoms with Crippen LogP contribution in [-0.2, 0) is 28.1 Å². The molecule has 3 heterocycles. The van der Waals surface area contributed by atoms with E-state index in [4.69, 9.17) is 29.0 Å². The minimum atomic E-state index is -4.24. The molecule has 0 radical (unpaired) electrons. The van der Waals surface area contributed by atoms with Crippen LogP contribution in [0.25, 0.3) is 0 Å². The lowest BCUT2D eigenvalue weighted by molar-refractivity contribution is -0.211. The molecule has 2 aromatic rings. The van der Waals surface area contributed by atoms with E-state index in [9.17, 15) is 19.3 Å². The summed E-state index contributed by atoms with van der Waals surface area (Å²) in [7, 11) is -4.24. The fourth-order valence-corrected chi connectivity index (χ4v) is 5.77. The number of carbonyl (C=O) groups excluding carboxylic acids is 1. The van der Waals surface area contributed by atoms with Crippen molar-refractivity contribution < 1.29 is 37.7 Å². The number of nitrogens with one attached hydrogen (secondary N) is 1. The molecule has 0 aliphatic carbocycles. The van der Waals surface area contributed by atoms with E-state index in [2.05, 4.69) is 10.1 Å². The van der Waals surface area contributed by atoms with E-state index in [0.29, 0.717) is 0 Å². The third-order valence-corrected chi connectivity index (χ3v) is 7.74. The first-order valence-corrected chi connectivity index (χ1v) is 13.2.